The maximum absolute atomic E-state index is 11.3. The van der Waals surface area contributed by atoms with Gasteiger partial charge in [-0.25, -0.2) is 0 Å². The lowest BCUT2D eigenvalue weighted by Crippen LogP contribution is -2.13. The minimum atomic E-state index is 0.321. The molecule has 2 heteroatoms. The van der Waals surface area contributed by atoms with E-state index in [1.807, 2.05) is 0 Å². The maximum atomic E-state index is 11.3. The molecule has 90 valence electrons. The van der Waals surface area contributed by atoms with Crippen LogP contribution in [-0.4, -0.2) is 11.6 Å². The summed E-state index contributed by atoms with van der Waals surface area (Å²) in [6.07, 6.45) is 6.76. The summed E-state index contributed by atoms with van der Waals surface area (Å²) in [5.74, 6) is 2.81. The molecule has 0 aromatic heterocycles. The molecule has 0 saturated heterocycles. The van der Waals surface area contributed by atoms with Crippen molar-refractivity contribution in [1.82, 2.24) is 0 Å². The van der Waals surface area contributed by atoms with E-state index in [2.05, 4.69) is 0 Å². The van der Waals surface area contributed by atoms with E-state index in [4.69, 9.17) is 0 Å². The van der Waals surface area contributed by atoms with Crippen LogP contribution in [0.25, 0.3) is 0 Å². The summed E-state index contributed by atoms with van der Waals surface area (Å²) in [7, 11) is 0. The third kappa shape index (κ3) is 2.36. The number of hydrogen-bond acceptors (Lipinski definition) is 2. The monoisotopic (exact) mass is 222 g/mol. The zero-order valence-corrected chi connectivity index (χ0v) is 10.4. The molecule has 0 amide bonds. The van der Waals surface area contributed by atoms with Crippen molar-refractivity contribution in [2.75, 3.05) is 0 Å². The minimum absolute atomic E-state index is 0.321. The molecule has 0 N–H and O–H groups in total. The summed E-state index contributed by atoms with van der Waals surface area (Å²) < 4.78 is 0. The highest BCUT2D eigenvalue weighted by atomic mass is 16.1. The van der Waals surface area contributed by atoms with Crippen molar-refractivity contribution < 1.29 is 9.59 Å². The predicted molar refractivity (Wildman–Crippen MR) is 63.0 cm³/mol. The lowest BCUT2D eigenvalue weighted by molar-refractivity contribution is -0.121. The number of Topliss-reactive ketones (excluding diaryl/α,β-unsaturated/α-hetero) is 2. The van der Waals surface area contributed by atoms with Gasteiger partial charge in [-0.15, -0.1) is 0 Å². The third-order valence-electron chi connectivity index (χ3n) is 4.76. The molecule has 2 saturated carbocycles. The van der Waals surface area contributed by atoms with E-state index in [1.165, 1.54) is 12.8 Å². The van der Waals surface area contributed by atoms with Crippen molar-refractivity contribution in [2.24, 2.45) is 23.7 Å². The first kappa shape index (κ1) is 11.8. The highest BCUT2D eigenvalue weighted by molar-refractivity contribution is 5.79. The van der Waals surface area contributed by atoms with E-state index in [9.17, 15) is 9.59 Å². The highest BCUT2D eigenvalue weighted by Crippen LogP contribution is 2.44. The van der Waals surface area contributed by atoms with Crippen LogP contribution >= 0.6 is 0 Å². The van der Waals surface area contributed by atoms with Gasteiger partial charge < -0.3 is 0 Å². The van der Waals surface area contributed by atoms with Gasteiger partial charge in [-0.2, -0.15) is 0 Å². The third-order valence-corrected chi connectivity index (χ3v) is 4.76. The van der Waals surface area contributed by atoms with Crippen molar-refractivity contribution in [3.8, 4) is 0 Å². The van der Waals surface area contributed by atoms with Crippen LogP contribution in [0, 0.1) is 23.7 Å². The van der Waals surface area contributed by atoms with Gasteiger partial charge in [0.05, 0.1) is 0 Å². The average molecular weight is 222 g/mol. The van der Waals surface area contributed by atoms with Gasteiger partial charge in [0.25, 0.3) is 0 Å². The van der Waals surface area contributed by atoms with Gasteiger partial charge in [0, 0.05) is 11.8 Å². The number of rotatable bonds is 3. The van der Waals surface area contributed by atoms with Gasteiger partial charge in [0.2, 0.25) is 0 Å². The minimum Gasteiger partial charge on any atom is -0.300 e. The molecule has 0 aliphatic heterocycles. The van der Waals surface area contributed by atoms with Gasteiger partial charge in [0.15, 0.2) is 0 Å². The standard InChI is InChI=1S/C14H22O2/c1-9(15)11-3-5-13(7-11)14-6-4-12(8-14)10(2)16/h11-14H,3-8H2,1-2H3. The number of carbonyl (C=O) groups is 2. The van der Waals surface area contributed by atoms with Gasteiger partial charge in [-0.3, -0.25) is 9.59 Å². The summed E-state index contributed by atoms with van der Waals surface area (Å²) in [4.78, 5) is 22.6. The molecule has 0 bridgehead atoms. The van der Waals surface area contributed by atoms with E-state index < -0.39 is 0 Å². The molecule has 4 unspecified atom stereocenters. The fourth-order valence-corrected chi connectivity index (χ4v) is 3.63. The van der Waals surface area contributed by atoms with E-state index in [0.717, 1.165) is 37.5 Å². The molecule has 2 fully saturated rings. The lowest BCUT2D eigenvalue weighted by Gasteiger charge is -2.18. The number of carbonyl (C=O) groups excluding carboxylic acids is 2. The summed E-state index contributed by atoms with van der Waals surface area (Å²) in [5, 5.41) is 0. The fourth-order valence-electron chi connectivity index (χ4n) is 3.63. The molecular weight excluding hydrogens is 200 g/mol. The van der Waals surface area contributed by atoms with Gasteiger partial charge in [-0.05, 0) is 64.2 Å². The van der Waals surface area contributed by atoms with Crippen LogP contribution in [0.15, 0.2) is 0 Å². The first-order valence-corrected chi connectivity index (χ1v) is 6.58. The largest absolute Gasteiger partial charge is 0.300 e. The molecule has 2 aliphatic rings. The second-order valence-electron chi connectivity index (χ2n) is 5.76. The van der Waals surface area contributed by atoms with Crippen LogP contribution in [0.4, 0.5) is 0 Å². The van der Waals surface area contributed by atoms with Gasteiger partial charge >= 0.3 is 0 Å². The normalized spacial score (nSPS) is 38.9. The Hall–Kier alpha value is -0.660. The van der Waals surface area contributed by atoms with Crippen LogP contribution in [0.1, 0.15) is 52.4 Å². The molecule has 0 radical (unpaired) electrons. The SMILES string of the molecule is CC(=O)C1CCC(C2CCC(C(C)=O)C2)C1. The van der Waals surface area contributed by atoms with Crippen LogP contribution in [0.5, 0.6) is 0 Å². The zero-order chi connectivity index (χ0) is 11.7. The van der Waals surface area contributed by atoms with Crippen molar-refractivity contribution in [3.05, 3.63) is 0 Å². The average Bonchev–Trinajstić information content (AvgIpc) is 2.86. The van der Waals surface area contributed by atoms with Crippen molar-refractivity contribution in [1.29, 1.82) is 0 Å². The van der Waals surface area contributed by atoms with Crippen molar-refractivity contribution >= 4 is 11.6 Å². The Balaban J connectivity index is 1.87. The quantitative estimate of drug-likeness (QED) is 0.735. The topological polar surface area (TPSA) is 34.1 Å². The van der Waals surface area contributed by atoms with Crippen LogP contribution < -0.4 is 0 Å². The number of ketones is 2. The summed E-state index contributed by atoms with van der Waals surface area (Å²) in [6.45, 7) is 3.44. The zero-order valence-electron chi connectivity index (χ0n) is 10.4. The maximum Gasteiger partial charge on any atom is 0.132 e. The first-order chi connectivity index (χ1) is 7.58. The van der Waals surface area contributed by atoms with Crippen LogP contribution in [-0.2, 0) is 9.59 Å². The predicted octanol–water partition coefficient (Wildman–Crippen LogP) is 3.00. The van der Waals surface area contributed by atoms with E-state index in [1.54, 1.807) is 13.8 Å². The molecule has 2 aliphatic carbocycles. The molecule has 2 rings (SSSR count). The lowest BCUT2D eigenvalue weighted by atomic mass is 9.87. The van der Waals surface area contributed by atoms with Crippen molar-refractivity contribution in [3.63, 3.8) is 0 Å². The van der Waals surface area contributed by atoms with Gasteiger partial charge in [0.1, 0.15) is 11.6 Å². The second-order valence-corrected chi connectivity index (χ2v) is 5.76. The Morgan fingerprint density at radius 2 is 1.12 bits per heavy atom. The van der Waals surface area contributed by atoms with Crippen molar-refractivity contribution in [2.45, 2.75) is 52.4 Å². The Morgan fingerprint density at radius 1 is 0.750 bits per heavy atom. The second kappa shape index (κ2) is 4.68. The smallest absolute Gasteiger partial charge is 0.132 e. The van der Waals surface area contributed by atoms with Gasteiger partial charge in [-0.1, -0.05) is 0 Å². The van der Waals surface area contributed by atoms with E-state index in [-0.39, 0.29) is 0 Å². The Kier molecular flexibility index (Phi) is 3.46. The first-order valence-electron chi connectivity index (χ1n) is 6.58. The molecule has 0 spiro atoms. The molecule has 2 nitrogen and oxygen atoms in total. The Morgan fingerprint density at radius 3 is 1.38 bits per heavy atom. The van der Waals surface area contributed by atoms with Crippen LogP contribution in [0.2, 0.25) is 0 Å². The van der Waals surface area contributed by atoms with E-state index in [0.29, 0.717) is 23.4 Å². The molecule has 4 atom stereocenters. The molecular formula is C14H22O2. The summed E-state index contributed by atoms with van der Waals surface area (Å²) in [6, 6.07) is 0. The summed E-state index contributed by atoms with van der Waals surface area (Å²) in [5.41, 5.74) is 0. The molecule has 0 heterocycles. The highest BCUT2D eigenvalue weighted by Gasteiger charge is 2.37. The fraction of sp³-hybridized carbons (Fsp3) is 0.857. The Labute approximate surface area is 97.8 Å². The number of hydrogen-bond donors (Lipinski definition) is 0. The van der Waals surface area contributed by atoms with Crippen LogP contribution in [0.3, 0.4) is 0 Å². The molecule has 16 heavy (non-hydrogen) atoms. The Bertz CT molecular complexity index is 265. The summed E-state index contributed by atoms with van der Waals surface area (Å²) >= 11 is 0. The van der Waals surface area contributed by atoms with E-state index >= 15 is 0 Å². The molecule has 0 aromatic carbocycles. The molecule has 0 aromatic rings.